The Bertz CT molecular complexity index is 1480. The number of methoxy groups -OCH3 is 1. The Labute approximate surface area is 291 Å². The van der Waals surface area contributed by atoms with Crippen molar-refractivity contribution in [3.8, 4) is 11.5 Å². The fourth-order valence-electron chi connectivity index (χ4n) is 7.20. The Morgan fingerprint density at radius 3 is 2.33 bits per heavy atom. The van der Waals surface area contributed by atoms with Crippen molar-refractivity contribution in [3.63, 3.8) is 0 Å². The van der Waals surface area contributed by atoms with Crippen LogP contribution in [-0.4, -0.2) is 154 Å². The minimum Gasteiger partial charge on any atom is -0.504 e. The predicted molar refractivity (Wildman–Crippen MR) is 165 cm³/mol. The molecule has 1 aliphatic carbocycles. The number of phenolic OH excluding ortho intramolecular Hbond substituents is 1. The van der Waals surface area contributed by atoms with E-state index in [0.29, 0.717) is 5.56 Å². The molecule has 1 aromatic rings. The van der Waals surface area contributed by atoms with Gasteiger partial charge in [0.1, 0.15) is 42.2 Å². The second-order valence-electron chi connectivity index (χ2n) is 13.0. The molecule has 0 amide bonds. The molecule has 7 N–H and O–H groups in total. The third-order valence-corrected chi connectivity index (χ3v) is 9.81. The van der Waals surface area contributed by atoms with Gasteiger partial charge < -0.3 is 78.4 Å². The summed E-state index contributed by atoms with van der Waals surface area (Å²) in [5, 5.41) is 72.5. The lowest BCUT2D eigenvalue weighted by Crippen LogP contribution is -2.61. The molecule has 6 rings (SSSR count). The highest BCUT2D eigenvalue weighted by Gasteiger charge is 2.77. The number of carbonyl (C=O) groups is 2. The molecule has 0 spiro atoms. The number of hydrogen-bond donors (Lipinski definition) is 7. The van der Waals surface area contributed by atoms with Crippen LogP contribution in [0.4, 0.5) is 0 Å². The van der Waals surface area contributed by atoms with Gasteiger partial charge in [-0.25, -0.2) is 4.79 Å². The van der Waals surface area contributed by atoms with Crippen molar-refractivity contribution in [1.82, 2.24) is 0 Å². The number of epoxide rings is 1. The van der Waals surface area contributed by atoms with Crippen LogP contribution in [0.1, 0.15) is 19.4 Å². The maximum Gasteiger partial charge on any atom is 0.331 e. The van der Waals surface area contributed by atoms with Gasteiger partial charge in [0.2, 0.25) is 6.29 Å². The molecule has 18 heteroatoms. The highest BCUT2D eigenvalue weighted by Crippen LogP contribution is 2.61. The number of benzene rings is 1. The van der Waals surface area contributed by atoms with E-state index in [-0.39, 0.29) is 11.5 Å². The number of ether oxygens (including phenoxy) is 9. The van der Waals surface area contributed by atoms with Crippen LogP contribution in [0.2, 0.25) is 0 Å². The van der Waals surface area contributed by atoms with Gasteiger partial charge >= 0.3 is 11.9 Å². The van der Waals surface area contributed by atoms with Crippen LogP contribution in [-0.2, 0) is 47.5 Å². The van der Waals surface area contributed by atoms with Gasteiger partial charge in [-0.2, -0.15) is 0 Å². The molecule has 5 aliphatic rings. The lowest BCUT2D eigenvalue weighted by atomic mass is 9.85. The van der Waals surface area contributed by atoms with Crippen LogP contribution in [0.25, 0.3) is 6.08 Å². The molecule has 1 saturated carbocycles. The summed E-state index contributed by atoms with van der Waals surface area (Å²) in [5.74, 6) is -2.95. The zero-order chi connectivity index (χ0) is 36.8. The topological polar surface area (TPSA) is 262 Å². The van der Waals surface area contributed by atoms with Gasteiger partial charge in [0.15, 0.2) is 36.3 Å². The number of hydrogen-bond acceptors (Lipinski definition) is 18. The fraction of sp³-hybridized carbons (Fsp3) is 0.636. The first-order valence-electron chi connectivity index (χ1n) is 16.3. The van der Waals surface area contributed by atoms with Gasteiger partial charge in [-0.15, -0.1) is 0 Å². The third-order valence-electron chi connectivity index (χ3n) is 9.81. The molecule has 0 bridgehead atoms. The number of esters is 2. The number of carbonyl (C=O) groups excluding carboxylic acids is 2. The molecule has 51 heavy (non-hydrogen) atoms. The SMILES string of the molecule is COc1ccc(C=CC(=O)OC2C(O)C(OC3C4C=COC(OC5OC(CO)C(O)C(O)C5O)C4C4(CO)OC34)OC(C)C2OC(C)=O)cc1O. The highest BCUT2D eigenvalue weighted by atomic mass is 16.8. The maximum absolute atomic E-state index is 13.0. The molecule has 4 heterocycles. The van der Waals surface area contributed by atoms with Crippen molar-refractivity contribution < 1.29 is 88.0 Å². The van der Waals surface area contributed by atoms with Crippen molar-refractivity contribution >= 4 is 18.0 Å². The van der Waals surface area contributed by atoms with E-state index in [0.717, 1.165) is 13.0 Å². The quantitative estimate of drug-likeness (QED) is 0.0726. The van der Waals surface area contributed by atoms with Gasteiger partial charge in [-0.05, 0) is 36.8 Å². The number of fused-ring (bicyclic) bond motifs is 3. The summed E-state index contributed by atoms with van der Waals surface area (Å²) >= 11 is 0. The van der Waals surface area contributed by atoms with Crippen LogP contribution < -0.4 is 4.74 Å². The molecule has 282 valence electrons. The van der Waals surface area contributed by atoms with Gasteiger partial charge in [0.25, 0.3) is 0 Å². The second kappa shape index (κ2) is 14.9. The van der Waals surface area contributed by atoms with Crippen molar-refractivity contribution in [2.75, 3.05) is 20.3 Å². The van der Waals surface area contributed by atoms with Crippen molar-refractivity contribution in [2.45, 2.75) is 99.4 Å². The van der Waals surface area contributed by atoms with Crippen LogP contribution in [0.3, 0.4) is 0 Å². The van der Waals surface area contributed by atoms with Gasteiger partial charge in [0.05, 0.1) is 44.7 Å². The van der Waals surface area contributed by atoms with E-state index in [1.165, 1.54) is 38.5 Å². The van der Waals surface area contributed by atoms with Crippen molar-refractivity contribution in [3.05, 3.63) is 42.2 Å². The van der Waals surface area contributed by atoms with E-state index in [4.69, 9.17) is 42.6 Å². The monoisotopic (exact) mass is 726 g/mol. The lowest BCUT2D eigenvalue weighted by molar-refractivity contribution is -0.347. The minimum absolute atomic E-state index is 0.151. The summed E-state index contributed by atoms with van der Waals surface area (Å²) in [6.45, 7) is 1.50. The number of aliphatic hydroxyl groups excluding tert-OH is 6. The van der Waals surface area contributed by atoms with Crippen molar-refractivity contribution in [1.29, 1.82) is 0 Å². The molecule has 0 radical (unpaired) electrons. The Balaban J connectivity index is 1.18. The summed E-state index contributed by atoms with van der Waals surface area (Å²) in [6.07, 6.45) is -12.2. The second-order valence-corrected chi connectivity index (χ2v) is 13.0. The molecule has 3 saturated heterocycles. The zero-order valence-electron chi connectivity index (χ0n) is 27.7. The standard InChI is InChI=1S/C33H42O18/c1-13-26(46-14(2)36)28(48-20(38)7-5-15-4-6-18(43-3)17(37)10-15)25(42)32(45-13)49-27-16-8-9-44-30(21(16)33(12-35)29(27)51-33)50-31-24(41)23(40)22(39)19(11-34)47-31/h4-10,13,16,19,21-32,34-35,37,39-42H,11-12H2,1-3H3. The van der Waals surface area contributed by atoms with Crippen LogP contribution in [0, 0.1) is 11.8 Å². The highest BCUT2D eigenvalue weighted by molar-refractivity contribution is 5.87. The average molecular weight is 727 g/mol. The summed E-state index contributed by atoms with van der Waals surface area (Å²) in [5.41, 5.74) is -0.827. The van der Waals surface area contributed by atoms with Gasteiger partial charge in [-0.3, -0.25) is 4.79 Å². The van der Waals surface area contributed by atoms with E-state index < -0.39 is 122 Å². The number of aliphatic hydroxyl groups is 6. The van der Waals surface area contributed by atoms with E-state index >= 15 is 0 Å². The summed E-state index contributed by atoms with van der Waals surface area (Å²) in [6, 6.07) is 4.46. The molecular weight excluding hydrogens is 684 g/mol. The molecule has 18 nitrogen and oxygen atoms in total. The maximum atomic E-state index is 13.0. The molecule has 16 atom stereocenters. The smallest absolute Gasteiger partial charge is 0.331 e. The van der Waals surface area contributed by atoms with E-state index in [9.17, 15) is 45.3 Å². The number of rotatable bonds is 11. The molecule has 16 unspecified atom stereocenters. The molecule has 1 aromatic carbocycles. The first kappa shape index (κ1) is 37.4. The Hall–Kier alpha value is -3.40. The Morgan fingerprint density at radius 1 is 0.922 bits per heavy atom. The minimum atomic E-state index is -1.72. The van der Waals surface area contributed by atoms with E-state index in [2.05, 4.69) is 0 Å². The molecular formula is C33H42O18. The molecule has 4 aliphatic heterocycles. The van der Waals surface area contributed by atoms with E-state index in [1.807, 2.05) is 0 Å². The molecule has 4 fully saturated rings. The van der Waals surface area contributed by atoms with Crippen molar-refractivity contribution in [2.24, 2.45) is 11.8 Å². The third kappa shape index (κ3) is 7.06. The average Bonchev–Trinajstić information content (AvgIpc) is 3.78. The Morgan fingerprint density at radius 2 is 1.67 bits per heavy atom. The van der Waals surface area contributed by atoms with Crippen LogP contribution >= 0.6 is 0 Å². The molecule has 0 aromatic heterocycles. The number of aromatic hydroxyl groups is 1. The largest absolute Gasteiger partial charge is 0.504 e. The van der Waals surface area contributed by atoms with Gasteiger partial charge in [-0.1, -0.05) is 6.07 Å². The fourth-order valence-corrected chi connectivity index (χ4v) is 7.20. The first-order chi connectivity index (χ1) is 24.3. The zero-order valence-corrected chi connectivity index (χ0v) is 27.7. The summed E-state index contributed by atoms with van der Waals surface area (Å²) in [4.78, 5) is 24.9. The van der Waals surface area contributed by atoms with Crippen LogP contribution in [0.15, 0.2) is 36.6 Å². The van der Waals surface area contributed by atoms with Crippen LogP contribution in [0.5, 0.6) is 11.5 Å². The first-order valence-corrected chi connectivity index (χ1v) is 16.3. The summed E-state index contributed by atoms with van der Waals surface area (Å²) in [7, 11) is 1.39. The van der Waals surface area contributed by atoms with Gasteiger partial charge in [0, 0.05) is 18.9 Å². The summed E-state index contributed by atoms with van der Waals surface area (Å²) < 4.78 is 51.2. The number of phenols is 1. The normalized spacial score (nSPS) is 42.8. The van der Waals surface area contributed by atoms with E-state index in [1.54, 1.807) is 12.1 Å². The Kier molecular flexibility index (Phi) is 10.9. The predicted octanol–water partition coefficient (Wildman–Crippen LogP) is -2.19. The lowest BCUT2D eigenvalue weighted by Gasteiger charge is -2.44.